The predicted molar refractivity (Wildman–Crippen MR) is 84.2 cm³/mol. The van der Waals surface area contributed by atoms with Gasteiger partial charge in [-0.2, -0.15) is 0 Å². The van der Waals surface area contributed by atoms with Crippen LogP contribution in [0.1, 0.15) is 10.4 Å². The molecule has 1 N–H and O–H groups in total. The highest BCUT2D eigenvalue weighted by atomic mass is 79.9. The topological polar surface area (TPSA) is 42.2 Å². The number of benzene rings is 2. The number of aldehydes is 1. The summed E-state index contributed by atoms with van der Waals surface area (Å²) in [5.41, 5.74) is 1.48. The van der Waals surface area contributed by atoms with Crippen LogP contribution in [0.15, 0.2) is 39.2 Å². The minimum atomic E-state index is -0.782. The highest BCUT2D eigenvalue weighted by Crippen LogP contribution is 2.37. The Morgan fingerprint density at radius 2 is 2.00 bits per heavy atom. The minimum absolute atomic E-state index is 0.0434. The zero-order valence-corrected chi connectivity index (χ0v) is 13.0. The van der Waals surface area contributed by atoms with Crippen molar-refractivity contribution in [2.75, 3.05) is 12.4 Å². The van der Waals surface area contributed by atoms with E-state index in [0.717, 1.165) is 22.3 Å². The number of rotatable bonds is 3. The molecule has 0 radical (unpaired) electrons. The number of furan rings is 1. The van der Waals surface area contributed by atoms with Crippen molar-refractivity contribution in [1.29, 1.82) is 0 Å². The Balaban J connectivity index is 2.32. The lowest BCUT2D eigenvalue weighted by atomic mass is 10.1. The molecule has 0 fully saturated rings. The van der Waals surface area contributed by atoms with E-state index < -0.39 is 11.6 Å². The fourth-order valence-corrected chi connectivity index (χ4v) is 2.86. The van der Waals surface area contributed by atoms with Crippen molar-refractivity contribution in [3.05, 3.63) is 52.0 Å². The molecule has 2 aromatic carbocycles. The van der Waals surface area contributed by atoms with E-state index in [-0.39, 0.29) is 16.9 Å². The molecule has 1 heterocycles. The molecule has 0 saturated carbocycles. The summed E-state index contributed by atoms with van der Waals surface area (Å²) in [4.78, 5) is 11.4. The first-order valence-corrected chi connectivity index (χ1v) is 7.19. The van der Waals surface area contributed by atoms with E-state index in [4.69, 9.17) is 4.42 Å². The minimum Gasteiger partial charge on any atom is -0.455 e. The van der Waals surface area contributed by atoms with E-state index in [1.807, 2.05) is 0 Å². The molecule has 6 heteroatoms. The van der Waals surface area contributed by atoms with Gasteiger partial charge < -0.3 is 9.73 Å². The van der Waals surface area contributed by atoms with E-state index >= 15 is 0 Å². The van der Waals surface area contributed by atoms with E-state index in [1.54, 1.807) is 19.2 Å². The van der Waals surface area contributed by atoms with Gasteiger partial charge in [-0.15, -0.1) is 0 Å². The molecule has 22 heavy (non-hydrogen) atoms. The molecule has 0 unspecified atom stereocenters. The summed E-state index contributed by atoms with van der Waals surface area (Å²) in [6.07, 6.45) is 0.607. The highest BCUT2D eigenvalue weighted by Gasteiger charge is 2.20. The molecule has 3 aromatic rings. The van der Waals surface area contributed by atoms with Crippen LogP contribution in [0.2, 0.25) is 0 Å². The molecule has 0 saturated heterocycles. The van der Waals surface area contributed by atoms with Crippen LogP contribution in [0, 0.1) is 11.6 Å². The lowest BCUT2D eigenvalue weighted by molar-refractivity contribution is 0.112. The number of anilines is 1. The zero-order chi connectivity index (χ0) is 15.9. The molecule has 0 bridgehead atoms. The summed E-state index contributed by atoms with van der Waals surface area (Å²) in [5, 5.41) is 3.53. The summed E-state index contributed by atoms with van der Waals surface area (Å²) in [6, 6.07) is 6.56. The molecule has 3 nitrogen and oxygen atoms in total. The lowest BCUT2D eigenvalue weighted by Crippen LogP contribution is -1.89. The van der Waals surface area contributed by atoms with Crippen LogP contribution in [-0.4, -0.2) is 13.3 Å². The Labute approximate surface area is 133 Å². The van der Waals surface area contributed by atoms with Crippen molar-refractivity contribution >= 4 is 38.9 Å². The molecule has 1 aromatic heterocycles. The van der Waals surface area contributed by atoms with Crippen LogP contribution < -0.4 is 5.32 Å². The number of nitrogens with one attached hydrogen (secondary N) is 1. The van der Waals surface area contributed by atoms with Gasteiger partial charge in [0.25, 0.3) is 0 Å². The first-order valence-electron chi connectivity index (χ1n) is 6.39. The second-order valence-corrected chi connectivity index (χ2v) is 5.52. The summed E-state index contributed by atoms with van der Waals surface area (Å²) in [5.74, 6) is -1.39. The third-order valence-corrected chi connectivity index (χ3v) is 4.04. The third-order valence-electron chi connectivity index (χ3n) is 3.38. The van der Waals surface area contributed by atoms with Crippen molar-refractivity contribution in [3.8, 4) is 11.3 Å². The van der Waals surface area contributed by atoms with Gasteiger partial charge in [-0.1, -0.05) is 0 Å². The molecule has 0 aliphatic rings. The maximum Gasteiger partial charge on any atom is 0.154 e. The van der Waals surface area contributed by atoms with Crippen molar-refractivity contribution in [2.45, 2.75) is 0 Å². The standard InChI is InChI=1S/C16H10BrF2NO2/c1-20-14-6-15-10(5-12(14)17)11(7-21)16(22-15)9-3-2-8(18)4-13(9)19/h2-7,20H,1H3. The Morgan fingerprint density at radius 3 is 2.64 bits per heavy atom. The first kappa shape index (κ1) is 14.7. The Bertz CT molecular complexity index is 889. The van der Waals surface area contributed by atoms with Crippen LogP contribution in [0.5, 0.6) is 0 Å². The van der Waals surface area contributed by atoms with E-state index in [2.05, 4.69) is 21.2 Å². The lowest BCUT2D eigenvalue weighted by Gasteiger charge is -2.02. The van der Waals surface area contributed by atoms with Gasteiger partial charge in [-0.05, 0) is 34.1 Å². The summed E-state index contributed by atoms with van der Waals surface area (Å²) >= 11 is 3.39. The summed E-state index contributed by atoms with van der Waals surface area (Å²) < 4.78 is 33.4. The average molecular weight is 366 g/mol. The van der Waals surface area contributed by atoms with Gasteiger partial charge in [-0.3, -0.25) is 4.79 Å². The average Bonchev–Trinajstić information content (AvgIpc) is 2.83. The largest absolute Gasteiger partial charge is 0.455 e. The molecule has 0 atom stereocenters. The van der Waals surface area contributed by atoms with Gasteiger partial charge in [0.05, 0.1) is 16.8 Å². The Hall–Kier alpha value is -2.21. The molecular weight excluding hydrogens is 356 g/mol. The predicted octanol–water partition coefficient (Wildman–Crippen LogP) is 4.99. The van der Waals surface area contributed by atoms with E-state index in [9.17, 15) is 13.6 Å². The zero-order valence-electron chi connectivity index (χ0n) is 11.4. The quantitative estimate of drug-likeness (QED) is 0.664. The second kappa shape index (κ2) is 5.53. The number of hydrogen-bond donors (Lipinski definition) is 1. The highest BCUT2D eigenvalue weighted by molar-refractivity contribution is 9.10. The third kappa shape index (κ3) is 2.29. The SMILES string of the molecule is CNc1cc2oc(-c3ccc(F)cc3F)c(C=O)c2cc1Br. The van der Waals surface area contributed by atoms with Crippen LogP contribution in [0.4, 0.5) is 14.5 Å². The van der Waals surface area contributed by atoms with E-state index in [1.165, 1.54) is 6.07 Å². The maximum absolute atomic E-state index is 14.0. The molecule has 112 valence electrons. The number of carbonyl (C=O) groups is 1. The van der Waals surface area contributed by atoms with Crippen molar-refractivity contribution in [1.82, 2.24) is 0 Å². The first-order chi connectivity index (χ1) is 10.5. The smallest absolute Gasteiger partial charge is 0.154 e. The Morgan fingerprint density at radius 1 is 1.23 bits per heavy atom. The molecule has 0 aliphatic carbocycles. The normalized spacial score (nSPS) is 10.9. The van der Waals surface area contributed by atoms with Gasteiger partial charge in [-0.25, -0.2) is 8.78 Å². The van der Waals surface area contributed by atoms with Gasteiger partial charge in [0.1, 0.15) is 23.0 Å². The van der Waals surface area contributed by atoms with E-state index in [0.29, 0.717) is 17.3 Å². The molecular formula is C16H10BrF2NO2. The number of carbonyl (C=O) groups excluding carboxylic acids is 1. The van der Waals surface area contributed by atoms with Crippen LogP contribution >= 0.6 is 15.9 Å². The number of hydrogen-bond acceptors (Lipinski definition) is 3. The summed E-state index contributed by atoms with van der Waals surface area (Å²) in [6.45, 7) is 0. The van der Waals surface area contributed by atoms with Crippen molar-refractivity contribution in [2.24, 2.45) is 0 Å². The maximum atomic E-state index is 14.0. The summed E-state index contributed by atoms with van der Waals surface area (Å²) in [7, 11) is 1.75. The molecule has 0 aliphatic heterocycles. The second-order valence-electron chi connectivity index (χ2n) is 4.67. The fourth-order valence-electron chi connectivity index (χ4n) is 2.32. The van der Waals surface area contributed by atoms with Gasteiger partial charge in [0.15, 0.2) is 6.29 Å². The van der Waals surface area contributed by atoms with Crippen LogP contribution in [0.25, 0.3) is 22.3 Å². The Kier molecular flexibility index (Phi) is 3.70. The van der Waals surface area contributed by atoms with Crippen molar-refractivity contribution in [3.63, 3.8) is 0 Å². The molecule has 0 spiro atoms. The van der Waals surface area contributed by atoms with Crippen LogP contribution in [0.3, 0.4) is 0 Å². The monoisotopic (exact) mass is 365 g/mol. The number of halogens is 3. The van der Waals surface area contributed by atoms with Crippen molar-refractivity contribution < 1.29 is 18.0 Å². The molecule has 3 rings (SSSR count). The van der Waals surface area contributed by atoms with Crippen LogP contribution in [-0.2, 0) is 0 Å². The fraction of sp³-hybridized carbons (Fsp3) is 0.0625. The van der Waals surface area contributed by atoms with Gasteiger partial charge in [0.2, 0.25) is 0 Å². The number of fused-ring (bicyclic) bond motifs is 1. The van der Waals surface area contributed by atoms with Gasteiger partial charge >= 0.3 is 0 Å². The van der Waals surface area contributed by atoms with Gasteiger partial charge in [0, 0.05) is 29.0 Å². The molecule has 0 amide bonds.